The molecular formula is C35H44N4O7. The fraction of sp³-hybridized carbons (Fsp3) is 0.429. The molecule has 0 spiro atoms. The Balaban J connectivity index is 1.64. The number of hydrogen-bond acceptors (Lipinski definition) is 7. The van der Waals surface area contributed by atoms with Crippen LogP contribution >= 0.6 is 0 Å². The van der Waals surface area contributed by atoms with E-state index in [0.717, 1.165) is 22.3 Å². The maximum Gasteiger partial charge on any atom is 0.407 e. The lowest BCUT2D eigenvalue weighted by Gasteiger charge is -2.25. The normalized spacial score (nSPS) is 13.0. The summed E-state index contributed by atoms with van der Waals surface area (Å²) in [6.07, 6.45) is 2.19. The predicted octanol–water partition coefficient (Wildman–Crippen LogP) is 3.56. The SMILES string of the molecule is C=CCOC(=O)NCCCCC(NC(=O)[C@@H](NC(=O)C(=O)CC1c2ccccc2-c2ccccc21)C(C)C)C(=O)NCC(=O)CC. The van der Waals surface area contributed by atoms with E-state index < -0.39 is 47.6 Å². The predicted molar refractivity (Wildman–Crippen MR) is 174 cm³/mol. The molecule has 246 valence electrons. The van der Waals surface area contributed by atoms with Gasteiger partial charge in [-0.15, -0.1) is 0 Å². The van der Waals surface area contributed by atoms with Crippen LogP contribution in [-0.4, -0.2) is 67.2 Å². The Bertz CT molecular complexity index is 1390. The highest BCUT2D eigenvalue weighted by molar-refractivity contribution is 6.36. The van der Waals surface area contributed by atoms with Gasteiger partial charge in [-0.25, -0.2) is 4.79 Å². The third-order valence-electron chi connectivity index (χ3n) is 7.85. The fourth-order valence-corrected chi connectivity index (χ4v) is 5.33. The number of alkyl carbamates (subject to hydrolysis) is 1. The molecule has 2 atom stereocenters. The number of ketones is 2. The van der Waals surface area contributed by atoms with Crippen LogP contribution in [0.4, 0.5) is 4.79 Å². The van der Waals surface area contributed by atoms with E-state index in [0.29, 0.717) is 12.8 Å². The monoisotopic (exact) mass is 632 g/mol. The first-order valence-corrected chi connectivity index (χ1v) is 15.7. The van der Waals surface area contributed by atoms with Crippen molar-refractivity contribution in [3.05, 3.63) is 72.3 Å². The molecule has 2 aromatic rings. The average Bonchev–Trinajstić information content (AvgIpc) is 3.36. The lowest BCUT2D eigenvalue weighted by molar-refractivity contribution is -0.140. The van der Waals surface area contributed by atoms with E-state index >= 15 is 0 Å². The molecule has 4 N–H and O–H groups in total. The number of carbonyl (C=O) groups is 6. The highest BCUT2D eigenvalue weighted by Gasteiger charge is 2.34. The van der Waals surface area contributed by atoms with Crippen LogP contribution in [0.1, 0.15) is 69.9 Å². The van der Waals surface area contributed by atoms with Crippen LogP contribution < -0.4 is 21.3 Å². The van der Waals surface area contributed by atoms with E-state index in [2.05, 4.69) is 27.8 Å². The Morgan fingerprint density at radius 1 is 0.870 bits per heavy atom. The Hall–Kier alpha value is -4.80. The molecule has 0 aliphatic heterocycles. The zero-order valence-electron chi connectivity index (χ0n) is 26.7. The quantitative estimate of drug-likeness (QED) is 0.111. The molecule has 0 aromatic heterocycles. The largest absolute Gasteiger partial charge is 0.445 e. The number of Topliss-reactive ketones (excluding diaryl/α,β-unsaturated/α-hetero) is 2. The van der Waals surface area contributed by atoms with Crippen LogP contribution in [0.25, 0.3) is 11.1 Å². The number of fused-ring (bicyclic) bond motifs is 3. The van der Waals surface area contributed by atoms with Gasteiger partial charge < -0.3 is 26.0 Å². The Morgan fingerprint density at radius 3 is 2.09 bits per heavy atom. The van der Waals surface area contributed by atoms with E-state index in [1.165, 1.54) is 6.08 Å². The van der Waals surface area contributed by atoms with Gasteiger partial charge in [0.05, 0.1) is 6.54 Å². The van der Waals surface area contributed by atoms with Crippen LogP contribution in [-0.2, 0) is 28.7 Å². The van der Waals surface area contributed by atoms with Gasteiger partial charge >= 0.3 is 6.09 Å². The van der Waals surface area contributed by atoms with Crippen molar-refractivity contribution in [2.75, 3.05) is 19.7 Å². The summed E-state index contributed by atoms with van der Waals surface area (Å²) >= 11 is 0. The van der Waals surface area contributed by atoms with Crippen molar-refractivity contribution in [1.29, 1.82) is 0 Å². The van der Waals surface area contributed by atoms with Gasteiger partial charge in [0.2, 0.25) is 17.6 Å². The van der Waals surface area contributed by atoms with Crippen LogP contribution in [0.3, 0.4) is 0 Å². The molecule has 0 saturated heterocycles. The van der Waals surface area contributed by atoms with Crippen molar-refractivity contribution >= 4 is 35.4 Å². The molecule has 1 unspecified atom stereocenters. The molecule has 46 heavy (non-hydrogen) atoms. The zero-order chi connectivity index (χ0) is 33.6. The van der Waals surface area contributed by atoms with Gasteiger partial charge in [0.1, 0.15) is 18.7 Å². The van der Waals surface area contributed by atoms with Gasteiger partial charge in [0.15, 0.2) is 5.78 Å². The molecule has 0 saturated carbocycles. The molecule has 3 rings (SSSR count). The molecule has 0 radical (unpaired) electrons. The number of nitrogens with one attached hydrogen (secondary N) is 4. The topological polar surface area (TPSA) is 160 Å². The maximum absolute atomic E-state index is 13.4. The molecule has 0 fully saturated rings. The Labute approximate surface area is 269 Å². The highest BCUT2D eigenvalue weighted by Crippen LogP contribution is 2.46. The first-order chi connectivity index (χ1) is 22.1. The lowest BCUT2D eigenvalue weighted by Crippen LogP contribution is -2.56. The maximum atomic E-state index is 13.4. The molecule has 11 heteroatoms. The minimum absolute atomic E-state index is 0.0576. The smallest absolute Gasteiger partial charge is 0.407 e. The van der Waals surface area contributed by atoms with Gasteiger partial charge in [-0.3, -0.25) is 24.0 Å². The Morgan fingerprint density at radius 2 is 1.50 bits per heavy atom. The third kappa shape index (κ3) is 9.85. The summed E-state index contributed by atoms with van der Waals surface area (Å²) in [6.45, 7) is 8.81. The second-order valence-electron chi connectivity index (χ2n) is 11.5. The number of ether oxygens (including phenoxy) is 1. The number of amides is 4. The highest BCUT2D eigenvalue weighted by atomic mass is 16.5. The fourth-order valence-electron chi connectivity index (χ4n) is 5.33. The van der Waals surface area contributed by atoms with E-state index in [9.17, 15) is 28.8 Å². The molecule has 2 aromatic carbocycles. The summed E-state index contributed by atoms with van der Waals surface area (Å²) in [7, 11) is 0. The van der Waals surface area contributed by atoms with Gasteiger partial charge in [0.25, 0.3) is 5.91 Å². The van der Waals surface area contributed by atoms with Crippen molar-refractivity contribution in [3.8, 4) is 11.1 Å². The van der Waals surface area contributed by atoms with E-state index in [1.807, 2.05) is 48.5 Å². The van der Waals surface area contributed by atoms with E-state index in [4.69, 9.17) is 4.74 Å². The van der Waals surface area contributed by atoms with Crippen molar-refractivity contribution < 1.29 is 33.5 Å². The molecule has 1 aliphatic carbocycles. The van der Waals surface area contributed by atoms with Crippen molar-refractivity contribution in [3.63, 3.8) is 0 Å². The molecule has 0 heterocycles. The second kappa shape index (κ2) is 17.6. The molecule has 4 amide bonds. The summed E-state index contributed by atoms with van der Waals surface area (Å²) in [5, 5.41) is 10.4. The van der Waals surface area contributed by atoms with Crippen molar-refractivity contribution in [1.82, 2.24) is 21.3 Å². The first kappa shape index (κ1) is 35.7. The van der Waals surface area contributed by atoms with Crippen LogP contribution in [0, 0.1) is 5.92 Å². The molecule has 1 aliphatic rings. The average molecular weight is 633 g/mol. The molecular weight excluding hydrogens is 588 g/mol. The van der Waals surface area contributed by atoms with E-state index in [1.54, 1.807) is 20.8 Å². The van der Waals surface area contributed by atoms with Gasteiger partial charge in [0, 0.05) is 25.3 Å². The van der Waals surface area contributed by atoms with Gasteiger partial charge in [-0.1, -0.05) is 82.0 Å². The second-order valence-corrected chi connectivity index (χ2v) is 11.5. The third-order valence-corrected chi connectivity index (χ3v) is 7.85. The first-order valence-electron chi connectivity index (χ1n) is 15.7. The minimum atomic E-state index is -1.09. The van der Waals surface area contributed by atoms with Crippen LogP contribution in [0.2, 0.25) is 0 Å². The number of benzene rings is 2. The summed E-state index contributed by atoms with van der Waals surface area (Å²) in [6, 6.07) is 13.5. The van der Waals surface area contributed by atoms with Crippen LogP contribution in [0.5, 0.6) is 0 Å². The summed E-state index contributed by atoms with van der Waals surface area (Å²) < 4.78 is 4.86. The number of unbranched alkanes of at least 4 members (excludes halogenated alkanes) is 1. The summed E-state index contributed by atoms with van der Waals surface area (Å²) in [4.78, 5) is 76.2. The zero-order valence-corrected chi connectivity index (χ0v) is 26.7. The standard InChI is InChI=1S/C35H44N4O7/c1-5-19-46-35(45)36-18-12-11-17-29(32(42)37-21-23(40)6-2)38-34(44)31(22(3)4)39-33(43)30(41)20-28-26-15-9-7-13-24(26)25-14-8-10-16-27(25)28/h5,7-10,13-16,22,28-29,31H,1,6,11-12,17-21H2,2-4H3,(H,36,45)(H,37,42)(H,38,44)(H,39,43)/t29?,31-/m0/s1. The van der Waals surface area contributed by atoms with Crippen LogP contribution in [0.15, 0.2) is 61.2 Å². The number of hydrogen-bond donors (Lipinski definition) is 4. The number of rotatable bonds is 18. The number of carbonyl (C=O) groups excluding carboxylic acids is 6. The van der Waals surface area contributed by atoms with Gasteiger partial charge in [-0.2, -0.15) is 0 Å². The molecule has 0 bridgehead atoms. The van der Waals surface area contributed by atoms with Crippen molar-refractivity contribution in [2.45, 2.75) is 70.9 Å². The summed E-state index contributed by atoms with van der Waals surface area (Å²) in [5.74, 6) is -3.55. The van der Waals surface area contributed by atoms with E-state index in [-0.39, 0.29) is 50.7 Å². The lowest BCUT2D eigenvalue weighted by atomic mass is 9.91. The minimum Gasteiger partial charge on any atom is -0.445 e. The Kier molecular flexibility index (Phi) is 13.7. The van der Waals surface area contributed by atoms with Gasteiger partial charge in [-0.05, 0) is 47.4 Å². The summed E-state index contributed by atoms with van der Waals surface area (Å²) in [5.41, 5.74) is 4.01. The molecule has 11 nitrogen and oxygen atoms in total. The van der Waals surface area contributed by atoms with Crippen molar-refractivity contribution in [2.24, 2.45) is 5.92 Å².